The number of methoxy groups -OCH3 is 3. The summed E-state index contributed by atoms with van der Waals surface area (Å²) < 4.78 is 15.9. The largest absolute Gasteiger partial charge is 0.493 e. The molecule has 1 heterocycles. The van der Waals surface area contributed by atoms with Crippen LogP contribution in [-0.2, 0) is 4.79 Å². The summed E-state index contributed by atoms with van der Waals surface area (Å²) in [5.41, 5.74) is 3.00. The number of para-hydroxylation sites is 2. The zero-order valence-corrected chi connectivity index (χ0v) is 16.9. The fourth-order valence-electron chi connectivity index (χ4n) is 2.69. The van der Waals surface area contributed by atoms with Crippen LogP contribution in [0.1, 0.15) is 5.69 Å². The number of carbonyl (C=O) groups is 1. The third-order valence-electron chi connectivity index (χ3n) is 3.99. The highest BCUT2D eigenvalue weighted by Gasteiger charge is 2.15. The van der Waals surface area contributed by atoms with E-state index in [1.54, 1.807) is 12.1 Å². The van der Waals surface area contributed by atoms with Crippen LogP contribution in [-0.4, -0.2) is 43.0 Å². The smallest absolute Gasteiger partial charge is 0.234 e. The van der Waals surface area contributed by atoms with Gasteiger partial charge >= 0.3 is 0 Å². The van der Waals surface area contributed by atoms with Gasteiger partial charge in [-0.15, -0.1) is 0 Å². The Morgan fingerprint density at radius 1 is 1.00 bits per heavy atom. The molecule has 1 aromatic heterocycles. The number of carbonyl (C=O) groups excluding carboxylic acids is 1. The van der Waals surface area contributed by atoms with E-state index in [9.17, 15) is 4.79 Å². The van der Waals surface area contributed by atoms with E-state index < -0.39 is 0 Å². The molecule has 146 valence electrons. The molecule has 0 radical (unpaired) electrons. The predicted molar refractivity (Wildman–Crippen MR) is 110 cm³/mol. The van der Waals surface area contributed by atoms with Crippen LogP contribution in [0.5, 0.6) is 17.2 Å². The average Bonchev–Trinajstić information content (AvgIpc) is 2.71. The van der Waals surface area contributed by atoms with Gasteiger partial charge in [0.15, 0.2) is 11.5 Å². The average molecular weight is 399 g/mol. The number of ether oxygens (including phenoxy) is 3. The van der Waals surface area contributed by atoms with E-state index in [0.29, 0.717) is 22.9 Å². The molecule has 8 heteroatoms. The summed E-state index contributed by atoms with van der Waals surface area (Å²) in [6.45, 7) is 1.89. The molecular formula is C20H21N3O4S. The van der Waals surface area contributed by atoms with E-state index >= 15 is 0 Å². The minimum atomic E-state index is -0.173. The van der Waals surface area contributed by atoms with Gasteiger partial charge in [0.25, 0.3) is 0 Å². The SMILES string of the molecule is COc1cc(NC(=O)CSc2nc3ccccc3nc2C)cc(OC)c1OC. The number of hydrogen-bond acceptors (Lipinski definition) is 7. The van der Waals surface area contributed by atoms with Gasteiger partial charge in [-0.3, -0.25) is 4.79 Å². The number of rotatable bonds is 7. The number of nitrogens with zero attached hydrogens (tertiary/aromatic N) is 2. The fourth-order valence-corrected chi connectivity index (χ4v) is 3.45. The molecule has 0 aliphatic heterocycles. The van der Waals surface area contributed by atoms with Gasteiger partial charge in [0.2, 0.25) is 11.7 Å². The van der Waals surface area contributed by atoms with Crippen molar-refractivity contribution in [2.75, 3.05) is 32.4 Å². The van der Waals surface area contributed by atoms with Crippen molar-refractivity contribution >= 4 is 34.4 Å². The second kappa shape index (κ2) is 8.79. The van der Waals surface area contributed by atoms with Crippen molar-refractivity contribution in [3.05, 3.63) is 42.1 Å². The molecule has 28 heavy (non-hydrogen) atoms. The molecular weight excluding hydrogens is 378 g/mol. The summed E-state index contributed by atoms with van der Waals surface area (Å²) >= 11 is 1.34. The lowest BCUT2D eigenvalue weighted by Gasteiger charge is -2.14. The van der Waals surface area contributed by atoms with Gasteiger partial charge in [0, 0.05) is 17.8 Å². The Hall–Kier alpha value is -3.00. The molecule has 0 saturated carbocycles. The number of nitrogens with one attached hydrogen (secondary N) is 1. The van der Waals surface area contributed by atoms with Gasteiger partial charge in [-0.1, -0.05) is 23.9 Å². The fraction of sp³-hybridized carbons (Fsp3) is 0.250. The van der Waals surface area contributed by atoms with Crippen LogP contribution in [0.2, 0.25) is 0 Å². The van der Waals surface area contributed by atoms with Gasteiger partial charge in [-0.2, -0.15) is 0 Å². The van der Waals surface area contributed by atoms with E-state index in [0.717, 1.165) is 21.8 Å². The molecule has 0 aliphatic carbocycles. The third kappa shape index (κ3) is 4.28. The molecule has 0 saturated heterocycles. The Kier molecular flexibility index (Phi) is 6.20. The van der Waals surface area contributed by atoms with Gasteiger partial charge in [-0.05, 0) is 19.1 Å². The monoisotopic (exact) mass is 399 g/mol. The van der Waals surface area contributed by atoms with Crippen LogP contribution in [0.25, 0.3) is 11.0 Å². The highest BCUT2D eigenvalue weighted by atomic mass is 32.2. The maximum Gasteiger partial charge on any atom is 0.234 e. The van der Waals surface area contributed by atoms with Crippen molar-refractivity contribution < 1.29 is 19.0 Å². The number of fused-ring (bicyclic) bond motifs is 1. The van der Waals surface area contributed by atoms with Crippen LogP contribution in [0, 0.1) is 6.92 Å². The molecule has 7 nitrogen and oxygen atoms in total. The molecule has 0 atom stereocenters. The zero-order valence-electron chi connectivity index (χ0n) is 16.1. The second-order valence-electron chi connectivity index (χ2n) is 5.85. The van der Waals surface area contributed by atoms with Crippen molar-refractivity contribution in [3.63, 3.8) is 0 Å². The van der Waals surface area contributed by atoms with E-state index in [1.165, 1.54) is 33.1 Å². The van der Waals surface area contributed by atoms with Gasteiger partial charge in [0.05, 0.1) is 43.8 Å². The Morgan fingerprint density at radius 2 is 1.61 bits per heavy atom. The molecule has 0 spiro atoms. The quantitative estimate of drug-likeness (QED) is 0.607. The third-order valence-corrected chi connectivity index (χ3v) is 5.06. The maximum absolute atomic E-state index is 12.4. The van der Waals surface area contributed by atoms with Crippen LogP contribution < -0.4 is 19.5 Å². The summed E-state index contributed by atoms with van der Waals surface area (Å²) in [6, 6.07) is 11.0. The predicted octanol–water partition coefficient (Wildman–Crippen LogP) is 3.69. The van der Waals surface area contributed by atoms with E-state index in [-0.39, 0.29) is 11.7 Å². The lowest BCUT2D eigenvalue weighted by Crippen LogP contribution is -2.14. The maximum atomic E-state index is 12.4. The number of aromatic nitrogens is 2. The Balaban J connectivity index is 1.72. The normalized spacial score (nSPS) is 10.6. The van der Waals surface area contributed by atoms with Crippen LogP contribution >= 0.6 is 11.8 Å². The highest BCUT2D eigenvalue weighted by Crippen LogP contribution is 2.40. The molecule has 3 aromatic rings. The van der Waals surface area contributed by atoms with Crippen LogP contribution in [0.4, 0.5) is 5.69 Å². The summed E-state index contributed by atoms with van der Waals surface area (Å²) in [4.78, 5) is 21.6. The number of hydrogen-bond donors (Lipinski definition) is 1. The first kappa shape index (κ1) is 19.8. The van der Waals surface area contributed by atoms with Crippen LogP contribution in [0.3, 0.4) is 0 Å². The molecule has 2 aromatic carbocycles. The standard InChI is InChI=1S/C20H21N3O4S/c1-12-20(23-15-8-6-5-7-14(15)21-12)28-11-18(24)22-13-9-16(25-2)19(27-4)17(10-13)26-3/h5-10H,11H2,1-4H3,(H,22,24). The first-order chi connectivity index (χ1) is 13.5. The zero-order chi connectivity index (χ0) is 20.1. The molecule has 0 unspecified atom stereocenters. The topological polar surface area (TPSA) is 82.6 Å². The second-order valence-corrected chi connectivity index (χ2v) is 6.82. The lowest BCUT2D eigenvalue weighted by molar-refractivity contribution is -0.113. The number of anilines is 1. The highest BCUT2D eigenvalue weighted by molar-refractivity contribution is 8.00. The van der Waals surface area contributed by atoms with E-state index in [1.807, 2.05) is 31.2 Å². The van der Waals surface area contributed by atoms with Crippen molar-refractivity contribution in [1.82, 2.24) is 9.97 Å². The first-order valence-corrected chi connectivity index (χ1v) is 9.50. The minimum absolute atomic E-state index is 0.173. The molecule has 0 bridgehead atoms. The van der Waals surface area contributed by atoms with Crippen molar-refractivity contribution in [1.29, 1.82) is 0 Å². The van der Waals surface area contributed by atoms with E-state index in [2.05, 4.69) is 15.3 Å². The van der Waals surface area contributed by atoms with Gasteiger partial charge in [-0.25, -0.2) is 9.97 Å². The van der Waals surface area contributed by atoms with Gasteiger partial charge < -0.3 is 19.5 Å². The summed E-state index contributed by atoms with van der Waals surface area (Å²) in [6.07, 6.45) is 0. The van der Waals surface area contributed by atoms with E-state index in [4.69, 9.17) is 14.2 Å². The Morgan fingerprint density at radius 3 is 2.18 bits per heavy atom. The lowest BCUT2D eigenvalue weighted by atomic mass is 10.2. The van der Waals surface area contributed by atoms with Gasteiger partial charge in [0.1, 0.15) is 5.03 Å². The summed E-state index contributed by atoms with van der Waals surface area (Å²) in [5, 5.41) is 3.58. The number of amides is 1. The molecule has 1 amide bonds. The number of benzene rings is 2. The van der Waals surface area contributed by atoms with Crippen LogP contribution in [0.15, 0.2) is 41.4 Å². The molecule has 0 aliphatic rings. The number of aryl methyl sites for hydroxylation is 1. The summed E-state index contributed by atoms with van der Waals surface area (Å²) in [7, 11) is 4.59. The molecule has 0 fully saturated rings. The molecule has 3 rings (SSSR count). The Labute approximate surface area is 167 Å². The number of thioether (sulfide) groups is 1. The molecule has 1 N–H and O–H groups in total. The van der Waals surface area contributed by atoms with Crippen molar-refractivity contribution in [3.8, 4) is 17.2 Å². The first-order valence-electron chi connectivity index (χ1n) is 8.51. The van der Waals surface area contributed by atoms with Crippen molar-refractivity contribution in [2.24, 2.45) is 0 Å². The van der Waals surface area contributed by atoms with Crippen molar-refractivity contribution in [2.45, 2.75) is 11.9 Å². The summed E-state index contributed by atoms with van der Waals surface area (Å²) in [5.74, 6) is 1.44. The Bertz CT molecular complexity index is 985. The minimum Gasteiger partial charge on any atom is -0.493 e.